The minimum Gasteiger partial charge on any atom is -0.480 e. The number of rotatable bonds is 3. The summed E-state index contributed by atoms with van der Waals surface area (Å²) < 4.78 is 0. The van der Waals surface area contributed by atoms with Gasteiger partial charge in [0.1, 0.15) is 12.1 Å². The summed E-state index contributed by atoms with van der Waals surface area (Å²) in [6.07, 6.45) is 3.23. The van der Waals surface area contributed by atoms with Crippen LogP contribution >= 0.6 is 0 Å². The van der Waals surface area contributed by atoms with Crippen molar-refractivity contribution >= 4 is 17.9 Å². The molecule has 2 N–H and O–H groups in total. The Kier molecular flexibility index (Phi) is 2.81. The van der Waals surface area contributed by atoms with Crippen molar-refractivity contribution in [2.75, 3.05) is 6.54 Å². The second-order valence-electron chi connectivity index (χ2n) is 4.68. The quantitative estimate of drug-likeness (QED) is 0.706. The predicted molar refractivity (Wildman–Crippen MR) is 58.2 cm³/mol. The Morgan fingerprint density at radius 2 is 2.29 bits per heavy atom. The molecule has 1 heterocycles. The Bertz CT molecular complexity index is 382. The van der Waals surface area contributed by atoms with E-state index in [1.807, 2.05) is 6.92 Å². The van der Waals surface area contributed by atoms with Gasteiger partial charge in [-0.05, 0) is 18.8 Å². The maximum absolute atomic E-state index is 12.2. The fourth-order valence-electron chi connectivity index (χ4n) is 3.00. The molecule has 0 aromatic carbocycles. The van der Waals surface area contributed by atoms with E-state index in [-0.39, 0.29) is 11.8 Å². The first-order valence-corrected chi connectivity index (χ1v) is 5.87. The van der Waals surface area contributed by atoms with Gasteiger partial charge in [-0.25, -0.2) is 4.79 Å². The number of hydrogen-bond acceptors (Lipinski definition) is 3. The molecule has 0 radical (unpaired) electrons. The van der Waals surface area contributed by atoms with E-state index in [9.17, 15) is 14.4 Å². The van der Waals surface area contributed by atoms with Crippen molar-refractivity contribution < 1.29 is 19.5 Å². The first kappa shape index (κ1) is 11.9. The standard InChI is InChI=1S/C11H16N2O4/c1-2-7-4-3-5-11(7)9(16)13(6-8(14)15)10(17)12-11/h7H,2-6H2,1H3,(H,12,17)(H,14,15). The van der Waals surface area contributed by atoms with E-state index in [0.29, 0.717) is 6.42 Å². The Balaban J connectivity index is 2.25. The highest BCUT2D eigenvalue weighted by Crippen LogP contribution is 2.41. The molecule has 1 aliphatic heterocycles. The minimum absolute atomic E-state index is 0.123. The van der Waals surface area contributed by atoms with Crippen LogP contribution in [0.1, 0.15) is 32.6 Å². The van der Waals surface area contributed by atoms with Gasteiger partial charge in [-0.1, -0.05) is 19.8 Å². The molecule has 2 atom stereocenters. The van der Waals surface area contributed by atoms with Crippen LogP contribution in [0.5, 0.6) is 0 Å². The summed E-state index contributed by atoms with van der Waals surface area (Å²) in [6, 6.07) is -0.572. The van der Waals surface area contributed by atoms with Crippen molar-refractivity contribution in [2.24, 2.45) is 5.92 Å². The van der Waals surface area contributed by atoms with Crippen molar-refractivity contribution in [1.82, 2.24) is 10.2 Å². The fraction of sp³-hybridized carbons (Fsp3) is 0.727. The molecule has 6 nitrogen and oxygen atoms in total. The monoisotopic (exact) mass is 240 g/mol. The number of carbonyl (C=O) groups is 3. The molecule has 1 aliphatic carbocycles. The molecule has 2 unspecified atom stereocenters. The summed E-state index contributed by atoms with van der Waals surface area (Å²) in [7, 11) is 0. The van der Waals surface area contributed by atoms with Crippen molar-refractivity contribution in [3.63, 3.8) is 0 Å². The lowest BCUT2D eigenvalue weighted by atomic mass is 9.85. The van der Waals surface area contributed by atoms with Gasteiger partial charge < -0.3 is 10.4 Å². The highest BCUT2D eigenvalue weighted by molar-refractivity contribution is 6.09. The maximum atomic E-state index is 12.2. The SMILES string of the molecule is CCC1CCCC12NC(=O)N(CC(=O)O)C2=O. The number of carboxylic acid groups (broad SMARTS) is 1. The number of urea groups is 1. The summed E-state index contributed by atoms with van der Waals surface area (Å²) in [5.74, 6) is -1.41. The second kappa shape index (κ2) is 4.01. The molecule has 94 valence electrons. The van der Waals surface area contributed by atoms with Crippen LogP contribution in [-0.4, -0.2) is 40.0 Å². The Morgan fingerprint density at radius 3 is 2.88 bits per heavy atom. The van der Waals surface area contributed by atoms with E-state index in [1.54, 1.807) is 0 Å². The van der Waals surface area contributed by atoms with E-state index in [1.165, 1.54) is 0 Å². The van der Waals surface area contributed by atoms with Gasteiger partial charge in [0.25, 0.3) is 5.91 Å². The molecule has 1 saturated heterocycles. The van der Waals surface area contributed by atoms with Crippen LogP contribution in [0.25, 0.3) is 0 Å². The van der Waals surface area contributed by atoms with Crippen molar-refractivity contribution in [1.29, 1.82) is 0 Å². The molecular weight excluding hydrogens is 224 g/mol. The Hall–Kier alpha value is -1.59. The fourth-order valence-corrected chi connectivity index (χ4v) is 3.00. The topological polar surface area (TPSA) is 86.7 Å². The molecule has 17 heavy (non-hydrogen) atoms. The van der Waals surface area contributed by atoms with Crippen molar-refractivity contribution in [3.8, 4) is 0 Å². The highest BCUT2D eigenvalue weighted by Gasteiger charge is 2.57. The zero-order chi connectivity index (χ0) is 12.6. The summed E-state index contributed by atoms with van der Waals surface area (Å²) in [4.78, 5) is 35.3. The van der Waals surface area contributed by atoms with Gasteiger partial charge in [-0.2, -0.15) is 0 Å². The number of hydrogen-bond donors (Lipinski definition) is 2. The normalized spacial score (nSPS) is 32.3. The summed E-state index contributed by atoms with van der Waals surface area (Å²) in [5.41, 5.74) is -0.832. The Morgan fingerprint density at radius 1 is 1.59 bits per heavy atom. The predicted octanol–water partition coefficient (Wildman–Crippen LogP) is 0.572. The number of nitrogens with one attached hydrogen (secondary N) is 1. The lowest BCUT2D eigenvalue weighted by molar-refractivity contribution is -0.143. The molecule has 6 heteroatoms. The number of aliphatic carboxylic acids is 1. The largest absolute Gasteiger partial charge is 0.480 e. The number of carbonyl (C=O) groups excluding carboxylic acids is 2. The lowest BCUT2D eigenvalue weighted by Gasteiger charge is -2.27. The first-order valence-electron chi connectivity index (χ1n) is 5.87. The van der Waals surface area contributed by atoms with Crippen LogP contribution in [0.2, 0.25) is 0 Å². The molecule has 1 spiro atoms. The molecule has 0 aromatic rings. The van der Waals surface area contributed by atoms with Gasteiger partial charge in [0.2, 0.25) is 0 Å². The molecule has 0 aromatic heterocycles. The van der Waals surface area contributed by atoms with Gasteiger partial charge in [-0.15, -0.1) is 0 Å². The van der Waals surface area contributed by atoms with Crippen LogP contribution in [0.3, 0.4) is 0 Å². The molecule has 3 amide bonds. The van der Waals surface area contributed by atoms with Gasteiger partial charge >= 0.3 is 12.0 Å². The number of amides is 3. The van der Waals surface area contributed by atoms with Crippen LogP contribution in [0.15, 0.2) is 0 Å². The third-order valence-corrected chi connectivity index (χ3v) is 3.81. The zero-order valence-electron chi connectivity index (χ0n) is 9.73. The number of carboxylic acids is 1. The third kappa shape index (κ3) is 1.67. The Labute approximate surface area is 99.0 Å². The molecule has 2 aliphatic rings. The summed E-state index contributed by atoms with van der Waals surface area (Å²) in [5, 5.41) is 11.4. The number of imide groups is 1. The van der Waals surface area contributed by atoms with E-state index in [0.717, 1.165) is 24.2 Å². The van der Waals surface area contributed by atoms with Crippen LogP contribution in [0.4, 0.5) is 4.79 Å². The smallest absolute Gasteiger partial charge is 0.325 e. The van der Waals surface area contributed by atoms with Gasteiger partial charge in [0.15, 0.2) is 0 Å². The maximum Gasteiger partial charge on any atom is 0.325 e. The average molecular weight is 240 g/mol. The molecule has 0 bridgehead atoms. The highest BCUT2D eigenvalue weighted by atomic mass is 16.4. The molecule has 2 fully saturated rings. The van der Waals surface area contributed by atoms with Crippen LogP contribution < -0.4 is 5.32 Å². The van der Waals surface area contributed by atoms with Crippen LogP contribution in [0, 0.1) is 5.92 Å². The third-order valence-electron chi connectivity index (χ3n) is 3.81. The van der Waals surface area contributed by atoms with Crippen molar-refractivity contribution in [3.05, 3.63) is 0 Å². The first-order chi connectivity index (χ1) is 8.01. The van der Waals surface area contributed by atoms with Crippen LogP contribution in [-0.2, 0) is 9.59 Å². The zero-order valence-corrected chi connectivity index (χ0v) is 9.73. The molecule has 1 saturated carbocycles. The second-order valence-corrected chi connectivity index (χ2v) is 4.68. The minimum atomic E-state index is -1.17. The van der Waals surface area contributed by atoms with E-state index in [4.69, 9.17) is 5.11 Å². The van der Waals surface area contributed by atoms with E-state index < -0.39 is 24.1 Å². The number of nitrogens with zero attached hydrogens (tertiary/aromatic N) is 1. The molecule has 2 rings (SSSR count). The molecular formula is C11H16N2O4. The van der Waals surface area contributed by atoms with Gasteiger partial charge in [-0.3, -0.25) is 14.5 Å². The van der Waals surface area contributed by atoms with Gasteiger partial charge in [0, 0.05) is 0 Å². The van der Waals surface area contributed by atoms with E-state index in [2.05, 4.69) is 5.32 Å². The summed E-state index contributed by atoms with van der Waals surface area (Å²) in [6.45, 7) is 1.43. The summed E-state index contributed by atoms with van der Waals surface area (Å²) >= 11 is 0. The average Bonchev–Trinajstić information content (AvgIpc) is 2.76. The van der Waals surface area contributed by atoms with E-state index >= 15 is 0 Å². The van der Waals surface area contributed by atoms with Gasteiger partial charge in [0.05, 0.1) is 0 Å². The van der Waals surface area contributed by atoms with Crippen molar-refractivity contribution in [2.45, 2.75) is 38.1 Å². The lowest BCUT2D eigenvalue weighted by Crippen LogP contribution is -2.50.